The zero-order valence-corrected chi connectivity index (χ0v) is 11.0. The van der Waals surface area contributed by atoms with Gasteiger partial charge in [-0.05, 0) is 24.1 Å². The standard InChI is InChI=1S/C14H14ClN3O/c15-10-6-12(17-7-10)14(19)18-8-11(16)5-9-3-1-2-4-13(9)18/h1-4,6-7,11,17H,5,8,16H2. The fourth-order valence-electron chi connectivity index (χ4n) is 2.46. The molecule has 0 radical (unpaired) electrons. The van der Waals surface area contributed by atoms with E-state index in [0.717, 1.165) is 17.7 Å². The quantitative estimate of drug-likeness (QED) is 0.838. The Balaban J connectivity index is 1.99. The molecule has 0 fully saturated rings. The Hall–Kier alpha value is -1.78. The molecule has 0 spiro atoms. The second kappa shape index (κ2) is 4.72. The van der Waals surface area contributed by atoms with Gasteiger partial charge in [-0.2, -0.15) is 0 Å². The van der Waals surface area contributed by atoms with Gasteiger partial charge in [-0.25, -0.2) is 0 Å². The van der Waals surface area contributed by atoms with E-state index in [-0.39, 0.29) is 11.9 Å². The summed E-state index contributed by atoms with van der Waals surface area (Å²) >= 11 is 5.85. The first-order valence-electron chi connectivity index (χ1n) is 6.14. The molecule has 0 saturated carbocycles. The van der Waals surface area contributed by atoms with Crippen LogP contribution < -0.4 is 10.6 Å². The molecule has 98 valence electrons. The van der Waals surface area contributed by atoms with Crippen LogP contribution in [-0.4, -0.2) is 23.5 Å². The highest BCUT2D eigenvalue weighted by atomic mass is 35.5. The molecule has 1 amide bonds. The van der Waals surface area contributed by atoms with Gasteiger partial charge in [-0.15, -0.1) is 0 Å². The number of nitrogens with one attached hydrogen (secondary N) is 1. The average molecular weight is 276 g/mol. The van der Waals surface area contributed by atoms with Gasteiger partial charge in [0.1, 0.15) is 5.69 Å². The molecule has 1 aromatic carbocycles. The van der Waals surface area contributed by atoms with Gasteiger partial charge >= 0.3 is 0 Å². The minimum atomic E-state index is -0.102. The minimum Gasteiger partial charge on any atom is -0.356 e. The zero-order valence-electron chi connectivity index (χ0n) is 10.3. The highest BCUT2D eigenvalue weighted by Gasteiger charge is 2.27. The number of aromatic nitrogens is 1. The SMILES string of the molecule is NC1Cc2ccccc2N(C(=O)c2cc(Cl)c[nH]2)C1. The number of nitrogens with zero attached hydrogens (tertiary/aromatic N) is 1. The first-order chi connectivity index (χ1) is 9.15. The molecule has 3 rings (SSSR count). The van der Waals surface area contributed by atoms with Gasteiger partial charge < -0.3 is 15.6 Å². The van der Waals surface area contributed by atoms with Crippen molar-refractivity contribution in [2.24, 2.45) is 5.73 Å². The maximum Gasteiger partial charge on any atom is 0.274 e. The summed E-state index contributed by atoms with van der Waals surface area (Å²) in [7, 11) is 0. The number of H-pyrrole nitrogens is 1. The number of hydrogen-bond acceptors (Lipinski definition) is 2. The fourth-order valence-corrected chi connectivity index (χ4v) is 2.62. The number of fused-ring (bicyclic) bond motifs is 1. The predicted molar refractivity (Wildman–Crippen MR) is 75.6 cm³/mol. The topological polar surface area (TPSA) is 62.1 Å². The summed E-state index contributed by atoms with van der Waals surface area (Å²) in [6.07, 6.45) is 2.40. The first kappa shape index (κ1) is 12.3. The summed E-state index contributed by atoms with van der Waals surface area (Å²) in [6.45, 7) is 0.520. The summed E-state index contributed by atoms with van der Waals surface area (Å²) in [5, 5.41) is 0.526. The van der Waals surface area contributed by atoms with Crippen LogP contribution in [-0.2, 0) is 6.42 Å². The number of carbonyl (C=O) groups excluding carboxylic acids is 1. The van der Waals surface area contributed by atoms with Crippen LogP contribution in [0, 0.1) is 0 Å². The number of benzene rings is 1. The van der Waals surface area contributed by atoms with Crippen molar-refractivity contribution in [3.8, 4) is 0 Å². The molecular formula is C14H14ClN3O. The highest BCUT2D eigenvalue weighted by Crippen LogP contribution is 2.27. The predicted octanol–water partition coefficient (Wildman–Crippen LogP) is 2.20. The molecule has 5 heteroatoms. The van der Waals surface area contributed by atoms with Crippen molar-refractivity contribution in [1.82, 2.24) is 4.98 Å². The van der Waals surface area contributed by atoms with Gasteiger partial charge in [0.15, 0.2) is 0 Å². The lowest BCUT2D eigenvalue weighted by molar-refractivity contribution is 0.0979. The van der Waals surface area contributed by atoms with E-state index in [1.807, 2.05) is 24.3 Å². The molecule has 1 aliphatic rings. The molecule has 1 aromatic heterocycles. The Morgan fingerprint density at radius 2 is 2.21 bits per heavy atom. The van der Waals surface area contributed by atoms with Crippen LogP contribution in [0.5, 0.6) is 0 Å². The Labute approximate surface area is 116 Å². The van der Waals surface area contributed by atoms with Crippen LogP contribution in [0.3, 0.4) is 0 Å². The van der Waals surface area contributed by atoms with Crippen molar-refractivity contribution in [2.75, 3.05) is 11.4 Å². The highest BCUT2D eigenvalue weighted by molar-refractivity contribution is 6.31. The summed E-state index contributed by atoms with van der Waals surface area (Å²) in [5.74, 6) is -0.102. The Bertz CT molecular complexity index is 623. The summed E-state index contributed by atoms with van der Waals surface area (Å²) < 4.78 is 0. The normalized spacial score (nSPS) is 18.2. The van der Waals surface area contributed by atoms with Crippen molar-refractivity contribution < 1.29 is 4.79 Å². The second-order valence-corrected chi connectivity index (χ2v) is 5.18. The van der Waals surface area contributed by atoms with Crippen molar-refractivity contribution in [2.45, 2.75) is 12.5 Å². The third-order valence-electron chi connectivity index (χ3n) is 3.30. The summed E-state index contributed by atoms with van der Waals surface area (Å²) in [5.41, 5.74) is 8.55. The number of amides is 1. The molecule has 0 saturated heterocycles. The fraction of sp³-hybridized carbons (Fsp3) is 0.214. The second-order valence-electron chi connectivity index (χ2n) is 4.74. The number of halogens is 1. The number of para-hydroxylation sites is 1. The number of aromatic amines is 1. The molecule has 1 aliphatic heterocycles. The summed E-state index contributed by atoms with van der Waals surface area (Å²) in [4.78, 5) is 17.1. The van der Waals surface area contributed by atoms with Gasteiger partial charge in [0.05, 0.1) is 5.02 Å². The van der Waals surface area contributed by atoms with E-state index < -0.39 is 0 Å². The van der Waals surface area contributed by atoms with E-state index in [2.05, 4.69) is 4.98 Å². The van der Waals surface area contributed by atoms with E-state index in [0.29, 0.717) is 17.3 Å². The van der Waals surface area contributed by atoms with Gasteiger partial charge in [-0.1, -0.05) is 29.8 Å². The van der Waals surface area contributed by atoms with E-state index >= 15 is 0 Å². The van der Waals surface area contributed by atoms with Crippen molar-refractivity contribution >= 4 is 23.2 Å². The minimum absolute atomic E-state index is 0.0377. The number of rotatable bonds is 1. The van der Waals surface area contributed by atoms with Crippen LogP contribution >= 0.6 is 11.6 Å². The van der Waals surface area contributed by atoms with Crippen molar-refractivity contribution in [1.29, 1.82) is 0 Å². The zero-order chi connectivity index (χ0) is 13.4. The van der Waals surface area contributed by atoms with Crippen LogP contribution in [0.4, 0.5) is 5.69 Å². The number of hydrogen-bond donors (Lipinski definition) is 2. The third-order valence-corrected chi connectivity index (χ3v) is 3.52. The van der Waals surface area contributed by atoms with Crippen LogP contribution in [0.2, 0.25) is 5.02 Å². The lowest BCUT2D eigenvalue weighted by Gasteiger charge is -2.32. The molecule has 2 aromatic rings. The molecule has 2 heterocycles. The monoisotopic (exact) mass is 275 g/mol. The Morgan fingerprint density at radius 3 is 2.95 bits per heavy atom. The Kier molecular flexibility index (Phi) is 3.05. The molecule has 19 heavy (non-hydrogen) atoms. The van der Waals surface area contributed by atoms with Crippen LogP contribution in [0.15, 0.2) is 36.5 Å². The number of anilines is 1. The van der Waals surface area contributed by atoms with E-state index in [4.69, 9.17) is 17.3 Å². The molecule has 0 aliphatic carbocycles. The molecule has 1 atom stereocenters. The van der Waals surface area contributed by atoms with E-state index in [9.17, 15) is 4.79 Å². The van der Waals surface area contributed by atoms with Gasteiger partial charge in [0.2, 0.25) is 0 Å². The first-order valence-corrected chi connectivity index (χ1v) is 6.52. The third kappa shape index (κ3) is 2.25. The molecule has 1 unspecified atom stereocenters. The molecule has 3 N–H and O–H groups in total. The summed E-state index contributed by atoms with van der Waals surface area (Å²) in [6, 6.07) is 9.44. The molecular weight excluding hydrogens is 262 g/mol. The van der Waals surface area contributed by atoms with E-state index in [1.54, 1.807) is 17.2 Å². The lowest BCUT2D eigenvalue weighted by atomic mass is 9.98. The van der Waals surface area contributed by atoms with Gasteiger partial charge in [0, 0.05) is 24.5 Å². The van der Waals surface area contributed by atoms with Crippen LogP contribution in [0.1, 0.15) is 16.1 Å². The number of carbonyl (C=O) groups is 1. The van der Waals surface area contributed by atoms with E-state index in [1.165, 1.54) is 0 Å². The number of nitrogens with two attached hydrogens (primary N) is 1. The maximum absolute atomic E-state index is 12.5. The smallest absolute Gasteiger partial charge is 0.274 e. The average Bonchev–Trinajstić information content (AvgIpc) is 2.83. The molecule has 0 bridgehead atoms. The Morgan fingerprint density at radius 1 is 1.42 bits per heavy atom. The molecule has 4 nitrogen and oxygen atoms in total. The maximum atomic E-state index is 12.5. The van der Waals surface area contributed by atoms with Crippen LogP contribution in [0.25, 0.3) is 0 Å². The largest absolute Gasteiger partial charge is 0.356 e. The van der Waals surface area contributed by atoms with Gasteiger partial charge in [-0.3, -0.25) is 4.79 Å². The lowest BCUT2D eigenvalue weighted by Crippen LogP contribution is -2.46. The van der Waals surface area contributed by atoms with Gasteiger partial charge in [0.25, 0.3) is 5.91 Å². The van der Waals surface area contributed by atoms with Crippen molar-refractivity contribution in [3.05, 3.63) is 52.8 Å². The van der Waals surface area contributed by atoms with Crippen molar-refractivity contribution in [3.63, 3.8) is 0 Å².